The van der Waals surface area contributed by atoms with Gasteiger partial charge in [0.25, 0.3) is 5.56 Å². The van der Waals surface area contributed by atoms with Crippen LogP contribution < -0.4 is 5.56 Å². The number of hydrogen-bond donors (Lipinski definition) is 1. The van der Waals surface area contributed by atoms with E-state index < -0.39 is 11.5 Å². The Hall–Kier alpha value is -1.76. The monoisotopic (exact) mass is 269 g/mol. The maximum Gasteiger partial charge on any atom is 0.353 e. The van der Waals surface area contributed by atoms with E-state index in [-0.39, 0.29) is 11.5 Å². The number of hydrogen-bond acceptors (Lipinski definition) is 4. The van der Waals surface area contributed by atoms with Crippen LogP contribution >= 0.6 is 15.9 Å². The molecule has 0 aromatic carbocycles. The van der Waals surface area contributed by atoms with E-state index in [2.05, 4.69) is 25.9 Å². The van der Waals surface area contributed by atoms with Gasteiger partial charge in [0.05, 0.1) is 4.47 Å². The van der Waals surface area contributed by atoms with Crippen molar-refractivity contribution in [2.45, 2.75) is 0 Å². The topological polar surface area (TPSA) is 84.6 Å². The molecule has 0 aliphatic carbocycles. The van der Waals surface area contributed by atoms with Crippen LogP contribution in [0.5, 0.6) is 0 Å². The van der Waals surface area contributed by atoms with E-state index in [0.29, 0.717) is 4.47 Å². The Kier molecular flexibility index (Phi) is 2.24. The number of nitrogens with zero attached hydrogens (tertiary/aromatic N) is 3. The van der Waals surface area contributed by atoms with Crippen LogP contribution in [0, 0.1) is 0 Å². The summed E-state index contributed by atoms with van der Waals surface area (Å²) >= 11 is 3.15. The lowest BCUT2D eigenvalue weighted by Crippen LogP contribution is -2.16. The summed E-state index contributed by atoms with van der Waals surface area (Å²) in [6, 6.07) is 0.948. The molecule has 0 unspecified atom stereocenters. The summed E-state index contributed by atoms with van der Waals surface area (Å²) in [5.74, 6) is -1.15. The Morgan fingerprint density at radius 1 is 1.53 bits per heavy atom. The Labute approximate surface area is 91.3 Å². The quantitative estimate of drug-likeness (QED) is 0.817. The molecule has 1 N–H and O–H groups in total. The van der Waals surface area contributed by atoms with Crippen LogP contribution in [-0.2, 0) is 0 Å². The average Bonchev–Trinajstić information content (AvgIpc) is 2.17. The summed E-state index contributed by atoms with van der Waals surface area (Å²) in [7, 11) is 0. The third-order valence-electron chi connectivity index (χ3n) is 1.72. The lowest BCUT2D eigenvalue weighted by Gasteiger charge is -2.03. The van der Waals surface area contributed by atoms with E-state index in [1.165, 1.54) is 16.8 Å². The van der Waals surface area contributed by atoms with Crippen molar-refractivity contribution in [1.29, 1.82) is 0 Å². The smallest absolute Gasteiger partial charge is 0.353 e. The van der Waals surface area contributed by atoms with Gasteiger partial charge >= 0.3 is 5.97 Å². The maximum absolute atomic E-state index is 11.1. The van der Waals surface area contributed by atoms with Gasteiger partial charge in [0.15, 0.2) is 0 Å². The Morgan fingerprint density at radius 2 is 2.27 bits per heavy atom. The molecule has 0 radical (unpaired) electrons. The summed E-state index contributed by atoms with van der Waals surface area (Å²) in [5, 5.41) is 8.87. The Morgan fingerprint density at radius 3 is 2.93 bits per heavy atom. The minimum atomic E-state index is -1.20. The number of carbonyl (C=O) groups is 1. The molecule has 2 aromatic rings. The molecule has 15 heavy (non-hydrogen) atoms. The fraction of sp³-hybridized carbons (Fsp3) is 0. The number of carboxylic acids is 1. The van der Waals surface area contributed by atoms with Crippen molar-refractivity contribution < 1.29 is 9.90 Å². The summed E-state index contributed by atoms with van der Waals surface area (Å²) in [5.41, 5.74) is -0.791. The summed E-state index contributed by atoms with van der Waals surface area (Å²) in [4.78, 5) is 29.3. The third kappa shape index (κ3) is 1.73. The van der Waals surface area contributed by atoms with E-state index in [1.54, 1.807) is 0 Å². The van der Waals surface area contributed by atoms with E-state index in [9.17, 15) is 9.59 Å². The van der Waals surface area contributed by atoms with Gasteiger partial charge in [-0.05, 0) is 15.9 Å². The standard InChI is InChI=1S/C8H4BrN3O3/c9-4-2-10-8-11-6(13)1-5(7(14)15)12(8)3-4/h1-3H,(H,14,15). The largest absolute Gasteiger partial charge is 0.477 e. The lowest BCUT2D eigenvalue weighted by molar-refractivity contribution is 0.0688. The van der Waals surface area contributed by atoms with E-state index >= 15 is 0 Å². The zero-order chi connectivity index (χ0) is 11.0. The predicted octanol–water partition coefficient (Wildman–Crippen LogP) is 0.550. The molecule has 2 rings (SSSR count). The number of rotatable bonds is 1. The van der Waals surface area contributed by atoms with Crippen LogP contribution in [0.25, 0.3) is 5.78 Å². The summed E-state index contributed by atoms with van der Waals surface area (Å²) < 4.78 is 1.83. The molecule has 0 bridgehead atoms. The maximum atomic E-state index is 11.1. The normalized spacial score (nSPS) is 10.5. The molecule has 0 fully saturated rings. The van der Waals surface area contributed by atoms with Crippen molar-refractivity contribution in [3.63, 3.8) is 0 Å². The van der Waals surface area contributed by atoms with Gasteiger partial charge in [0, 0.05) is 18.5 Å². The minimum absolute atomic E-state index is 0.0584. The lowest BCUT2D eigenvalue weighted by atomic mass is 10.4. The predicted molar refractivity (Wildman–Crippen MR) is 53.9 cm³/mol. The molecule has 7 heteroatoms. The van der Waals surface area contributed by atoms with Crippen molar-refractivity contribution in [3.05, 3.63) is 39.0 Å². The average molecular weight is 270 g/mol. The number of aromatic carboxylic acids is 1. The van der Waals surface area contributed by atoms with E-state index in [4.69, 9.17) is 5.11 Å². The van der Waals surface area contributed by atoms with Gasteiger partial charge in [0.2, 0.25) is 5.78 Å². The molecule has 0 atom stereocenters. The van der Waals surface area contributed by atoms with Crippen LogP contribution in [0.3, 0.4) is 0 Å². The van der Waals surface area contributed by atoms with Crippen molar-refractivity contribution in [1.82, 2.24) is 14.4 Å². The number of halogens is 1. The first-order chi connectivity index (χ1) is 7.08. The highest BCUT2D eigenvalue weighted by atomic mass is 79.9. The van der Waals surface area contributed by atoms with E-state index in [1.807, 2.05) is 0 Å². The molecule has 0 aliphatic rings. The van der Waals surface area contributed by atoms with Gasteiger partial charge in [0.1, 0.15) is 5.69 Å². The van der Waals surface area contributed by atoms with Crippen LogP contribution in [-0.4, -0.2) is 25.4 Å². The molecule has 0 saturated heterocycles. The van der Waals surface area contributed by atoms with Crippen LogP contribution in [0.2, 0.25) is 0 Å². The van der Waals surface area contributed by atoms with Crippen molar-refractivity contribution in [2.75, 3.05) is 0 Å². The zero-order valence-corrected chi connectivity index (χ0v) is 8.80. The molecule has 0 spiro atoms. The molecule has 76 valence electrons. The Bertz CT molecular complexity index is 608. The zero-order valence-electron chi connectivity index (χ0n) is 7.22. The van der Waals surface area contributed by atoms with Gasteiger partial charge in [-0.3, -0.25) is 9.20 Å². The minimum Gasteiger partial charge on any atom is -0.477 e. The number of fused-ring (bicyclic) bond motifs is 1. The second kappa shape index (κ2) is 3.43. The molecule has 6 nitrogen and oxygen atoms in total. The van der Waals surface area contributed by atoms with Crippen LogP contribution in [0.1, 0.15) is 10.5 Å². The fourth-order valence-electron chi connectivity index (χ4n) is 1.14. The fourth-order valence-corrected chi connectivity index (χ4v) is 1.45. The number of aromatic nitrogens is 3. The molecular weight excluding hydrogens is 266 g/mol. The molecule has 2 aromatic heterocycles. The first kappa shape index (κ1) is 9.78. The van der Waals surface area contributed by atoms with Crippen LogP contribution in [0.15, 0.2) is 27.7 Å². The SMILES string of the molecule is O=C(O)c1cc(=O)nc2ncc(Br)cn12. The summed E-state index contributed by atoms with van der Waals surface area (Å²) in [6.45, 7) is 0. The summed E-state index contributed by atoms with van der Waals surface area (Å²) in [6.07, 6.45) is 2.92. The second-order valence-electron chi connectivity index (χ2n) is 2.73. The van der Waals surface area contributed by atoms with E-state index in [0.717, 1.165) is 6.07 Å². The van der Waals surface area contributed by atoms with Gasteiger partial charge < -0.3 is 5.11 Å². The second-order valence-corrected chi connectivity index (χ2v) is 3.64. The van der Waals surface area contributed by atoms with Gasteiger partial charge in [-0.15, -0.1) is 0 Å². The van der Waals surface area contributed by atoms with Crippen molar-refractivity contribution in [3.8, 4) is 0 Å². The molecule has 0 saturated carbocycles. The van der Waals surface area contributed by atoms with Gasteiger partial charge in [-0.25, -0.2) is 9.78 Å². The van der Waals surface area contributed by atoms with Gasteiger partial charge in [-0.2, -0.15) is 4.98 Å². The molecule has 0 amide bonds. The molecule has 2 heterocycles. The highest BCUT2D eigenvalue weighted by molar-refractivity contribution is 9.10. The van der Waals surface area contributed by atoms with Crippen LogP contribution in [0.4, 0.5) is 0 Å². The first-order valence-corrected chi connectivity index (χ1v) is 4.65. The third-order valence-corrected chi connectivity index (χ3v) is 2.13. The molecule has 0 aliphatic heterocycles. The van der Waals surface area contributed by atoms with Crippen molar-refractivity contribution >= 4 is 27.7 Å². The first-order valence-electron chi connectivity index (χ1n) is 3.86. The molecular formula is C8H4BrN3O3. The highest BCUT2D eigenvalue weighted by Crippen LogP contribution is 2.08. The highest BCUT2D eigenvalue weighted by Gasteiger charge is 2.10. The Balaban J connectivity index is 2.94. The van der Waals surface area contributed by atoms with Gasteiger partial charge in [-0.1, -0.05) is 0 Å². The van der Waals surface area contributed by atoms with Crippen molar-refractivity contribution in [2.24, 2.45) is 0 Å². The number of carboxylic acid groups (broad SMARTS) is 1.